The summed E-state index contributed by atoms with van der Waals surface area (Å²) in [5.74, 6) is 0.643. The van der Waals surface area contributed by atoms with Crippen LogP contribution in [0.1, 0.15) is 12.0 Å². The van der Waals surface area contributed by atoms with E-state index in [2.05, 4.69) is 31.3 Å². The van der Waals surface area contributed by atoms with Gasteiger partial charge in [0.15, 0.2) is 5.65 Å². The van der Waals surface area contributed by atoms with Gasteiger partial charge in [-0.15, -0.1) is 5.10 Å². The Hall–Kier alpha value is -3.17. The lowest BCUT2D eigenvalue weighted by Gasteiger charge is -2.33. The van der Waals surface area contributed by atoms with Crippen LogP contribution in [0, 0.1) is 0 Å². The largest absolute Gasteiger partial charge is 0.390 e. The lowest BCUT2D eigenvalue weighted by Crippen LogP contribution is -2.47. The SMILES string of the molecule is O[C@@H]1CCN(c2cnc3nnn(Cc4ccc5ncccc5c4)c3n2)C[C@H]1O. The highest BCUT2D eigenvalue weighted by molar-refractivity contribution is 5.79. The van der Waals surface area contributed by atoms with Crippen molar-refractivity contribution < 1.29 is 10.2 Å². The average molecular weight is 377 g/mol. The Kier molecular flexibility index (Phi) is 4.10. The topological polar surface area (TPSA) is 113 Å². The average Bonchev–Trinajstić information content (AvgIpc) is 3.12. The number of hydrogen-bond donors (Lipinski definition) is 2. The van der Waals surface area contributed by atoms with E-state index in [1.807, 2.05) is 29.2 Å². The Bertz CT molecular complexity index is 1150. The minimum Gasteiger partial charge on any atom is -0.390 e. The Balaban J connectivity index is 1.46. The minimum absolute atomic E-state index is 0.320. The van der Waals surface area contributed by atoms with Gasteiger partial charge in [0.05, 0.1) is 30.5 Å². The molecule has 4 heterocycles. The molecule has 0 amide bonds. The summed E-state index contributed by atoms with van der Waals surface area (Å²) in [6.45, 7) is 1.44. The van der Waals surface area contributed by atoms with Crippen LogP contribution in [0.25, 0.3) is 22.2 Å². The maximum Gasteiger partial charge on any atom is 0.221 e. The number of β-amino-alcohol motifs (C(OH)–C–C–N with tert-alkyl or cyclic N) is 1. The van der Waals surface area contributed by atoms with Gasteiger partial charge in [0.1, 0.15) is 5.82 Å². The maximum absolute atomic E-state index is 9.94. The molecule has 2 N–H and O–H groups in total. The molecule has 9 heteroatoms. The van der Waals surface area contributed by atoms with Crippen LogP contribution in [0.4, 0.5) is 5.82 Å². The molecule has 0 bridgehead atoms. The zero-order valence-electron chi connectivity index (χ0n) is 15.0. The highest BCUT2D eigenvalue weighted by Gasteiger charge is 2.27. The van der Waals surface area contributed by atoms with Crippen molar-refractivity contribution in [1.29, 1.82) is 0 Å². The summed E-state index contributed by atoms with van der Waals surface area (Å²) in [5.41, 5.74) is 3.08. The molecule has 142 valence electrons. The van der Waals surface area contributed by atoms with Gasteiger partial charge in [-0.2, -0.15) is 0 Å². The second-order valence-corrected chi connectivity index (χ2v) is 7.02. The molecular formula is C19H19N7O2. The maximum atomic E-state index is 9.94. The Morgan fingerprint density at radius 3 is 2.93 bits per heavy atom. The molecule has 0 radical (unpaired) electrons. The van der Waals surface area contributed by atoms with Crippen molar-refractivity contribution in [2.24, 2.45) is 0 Å². The molecule has 1 aliphatic heterocycles. The summed E-state index contributed by atoms with van der Waals surface area (Å²) >= 11 is 0. The van der Waals surface area contributed by atoms with E-state index >= 15 is 0 Å². The van der Waals surface area contributed by atoms with Gasteiger partial charge in [0.2, 0.25) is 5.65 Å². The molecular weight excluding hydrogens is 358 g/mol. The number of pyridine rings is 1. The number of aliphatic hydroxyl groups is 2. The third-order valence-electron chi connectivity index (χ3n) is 5.08. The number of nitrogens with zero attached hydrogens (tertiary/aromatic N) is 7. The van der Waals surface area contributed by atoms with Crippen molar-refractivity contribution in [3.8, 4) is 0 Å². The predicted molar refractivity (Wildman–Crippen MR) is 103 cm³/mol. The van der Waals surface area contributed by atoms with Gasteiger partial charge in [-0.3, -0.25) is 4.98 Å². The smallest absolute Gasteiger partial charge is 0.221 e. The Morgan fingerprint density at radius 1 is 1.11 bits per heavy atom. The van der Waals surface area contributed by atoms with E-state index in [1.165, 1.54) is 0 Å². The second-order valence-electron chi connectivity index (χ2n) is 7.02. The minimum atomic E-state index is -0.791. The first-order chi connectivity index (χ1) is 13.7. The highest BCUT2D eigenvalue weighted by atomic mass is 16.3. The van der Waals surface area contributed by atoms with Crippen molar-refractivity contribution in [3.05, 3.63) is 48.3 Å². The number of aromatic nitrogens is 6. The lowest BCUT2D eigenvalue weighted by molar-refractivity contribution is 0.00786. The fourth-order valence-corrected chi connectivity index (χ4v) is 3.53. The van der Waals surface area contributed by atoms with E-state index in [0.717, 1.165) is 16.5 Å². The number of fused-ring (bicyclic) bond motifs is 2. The third kappa shape index (κ3) is 3.04. The fraction of sp³-hybridized carbons (Fsp3) is 0.316. The van der Waals surface area contributed by atoms with Gasteiger partial charge in [0, 0.05) is 24.7 Å². The monoisotopic (exact) mass is 377 g/mol. The van der Waals surface area contributed by atoms with Crippen LogP contribution < -0.4 is 4.90 Å². The first-order valence-corrected chi connectivity index (χ1v) is 9.18. The first-order valence-electron chi connectivity index (χ1n) is 9.18. The van der Waals surface area contributed by atoms with Gasteiger partial charge in [-0.25, -0.2) is 14.6 Å². The van der Waals surface area contributed by atoms with E-state index in [9.17, 15) is 10.2 Å². The third-order valence-corrected chi connectivity index (χ3v) is 5.08. The van der Waals surface area contributed by atoms with Gasteiger partial charge >= 0.3 is 0 Å². The number of benzene rings is 1. The fourth-order valence-electron chi connectivity index (χ4n) is 3.53. The van der Waals surface area contributed by atoms with Gasteiger partial charge < -0.3 is 15.1 Å². The Morgan fingerprint density at radius 2 is 2.04 bits per heavy atom. The van der Waals surface area contributed by atoms with Crippen molar-refractivity contribution in [2.75, 3.05) is 18.0 Å². The van der Waals surface area contributed by atoms with Crippen molar-refractivity contribution in [3.63, 3.8) is 0 Å². The highest BCUT2D eigenvalue weighted by Crippen LogP contribution is 2.20. The summed E-state index contributed by atoms with van der Waals surface area (Å²) in [5, 5.41) is 29.0. The molecule has 1 aromatic carbocycles. The van der Waals surface area contributed by atoms with Crippen LogP contribution in [-0.2, 0) is 6.54 Å². The normalized spacial score (nSPS) is 20.1. The summed E-state index contributed by atoms with van der Waals surface area (Å²) in [6.07, 6.45) is 2.42. The van der Waals surface area contributed by atoms with Crippen LogP contribution in [-0.4, -0.2) is 65.5 Å². The van der Waals surface area contributed by atoms with Crippen LogP contribution in [0.3, 0.4) is 0 Å². The quantitative estimate of drug-likeness (QED) is 0.538. The zero-order chi connectivity index (χ0) is 19.1. The molecule has 28 heavy (non-hydrogen) atoms. The summed E-state index contributed by atoms with van der Waals surface area (Å²) in [6, 6.07) is 10.0. The molecule has 0 unspecified atom stereocenters. The predicted octanol–water partition coefficient (Wildman–Crippen LogP) is 0.750. The van der Waals surface area contributed by atoms with Crippen molar-refractivity contribution in [2.45, 2.75) is 25.2 Å². The molecule has 0 spiro atoms. The first kappa shape index (κ1) is 17.0. The molecule has 0 saturated carbocycles. The van der Waals surface area contributed by atoms with E-state index < -0.39 is 12.2 Å². The number of anilines is 1. The van der Waals surface area contributed by atoms with Crippen LogP contribution in [0.15, 0.2) is 42.7 Å². The number of hydrogen-bond acceptors (Lipinski definition) is 8. The van der Waals surface area contributed by atoms with E-state index in [0.29, 0.717) is 43.2 Å². The molecule has 0 aliphatic carbocycles. The molecule has 1 saturated heterocycles. The van der Waals surface area contributed by atoms with E-state index in [-0.39, 0.29) is 0 Å². The number of rotatable bonds is 3. The van der Waals surface area contributed by atoms with Gasteiger partial charge in [-0.1, -0.05) is 17.3 Å². The summed E-state index contributed by atoms with van der Waals surface area (Å²) < 4.78 is 1.72. The molecule has 5 rings (SSSR count). The van der Waals surface area contributed by atoms with Crippen LogP contribution in [0.5, 0.6) is 0 Å². The van der Waals surface area contributed by atoms with Gasteiger partial charge in [0.25, 0.3) is 0 Å². The molecule has 2 atom stereocenters. The zero-order valence-corrected chi connectivity index (χ0v) is 15.0. The molecule has 1 aliphatic rings. The Labute approximate surface area is 160 Å². The van der Waals surface area contributed by atoms with E-state index in [4.69, 9.17) is 0 Å². The van der Waals surface area contributed by atoms with Crippen LogP contribution >= 0.6 is 0 Å². The molecule has 1 fully saturated rings. The lowest BCUT2D eigenvalue weighted by atomic mass is 10.1. The molecule has 3 aromatic heterocycles. The van der Waals surface area contributed by atoms with Crippen LogP contribution in [0.2, 0.25) is 0 Å². The summed E-state index contributed by atoms with van der Waals surface area (Å²) in [7, 11) is 0. The van der Waals surface area contributed by atoms with E-state index in [1.54, 1.807) is 17.1 Å². The van der Waals surface area contributed by atoms with Gasteiger partial charge in [-0.05, 0) is 30.2 Å². The number of aliphatic hydroxyl groups excluding tert-OH is 2. The molecule has 9 nitrogen and oxygen atoms in total. The summed E-state index contributed by atoms with van der Waals surface area (Å²) in [4.78, 5) is 15.3. The second kappa shape index (κ2) is 6.77. The molecule has 4 aromatic rings. The van der Waals surface area contributed by atoms with Crippen molar-refractivity contribution in [1.82, 2.24) is 29.9 Å². The standard InChI is InChI=1S/C19H19N7O2/c27-15-5-7-25(11-16(15)28)17-9-21-18-19(22-17)26(24-23-18)10-12-3-4-14-13(8-12)2-1-6-20-14/h1-4,6,8-9,15-16,27-28H,5,7,10-11H2/t15-,16-/m1/s1. The van der Waals surface area contributed by atoms with Crippen molar-refractivity contribution >= 4 is 28.0 Å². The number of piperidine rings is 1.